The first-order valence-electron chi connectivity index (χ1n) is 5.95. The van der Waals surface area contributed by atoms with Crippen LogP contribution >= 0.6 is 11.3 Å². The molecule has 3 aromatic heterocycles. The minimum Gasteiger partial charge on any atom is -0.465 e. The number of hydrogen-bond donors (Lipinski definition) is 1. The van der Waals surface area contributed by atoms with E-state index in [1.54, 1.807) is 34.6 Å². The maximum Gasteiger partial charge on any atom is 0.350 e. The average Bonchev–Trinajstić information content (AvgIpc) is 3.12. The Hall–Kier alpha value is -2.74. The molecule has 0 atom stereocenters. The summed E-state index contributed by atoms with van der Waals surface area (Å²) >= 11 is 1.20. The van der Waals surface area contributed by atoms with Gasteiger partial charge >= 0.3 is 5.97 Å². The van der Waals surface area contributed by atoms with Crippen molar-refractivity contribution in [2.45, 2.75) is 0 Å². The fourth-order valence-electron chi connectivity index (χ4n) is 1.86. The normalized spacial score (nSPS) is 10.5. The predicted octanol–water partition coefficient (Wildman–Crippen LogP) is 1.83. The lowest BCUT2D eigenvalue weighted by Gasteiger charge is -2.04. The Labute approximate surface area is 123 Å². The molecule has 0 saturated carbocycles. The summed E-state index contributed by atoms with van der Waals surface area (Å²) in [6.45, 7) is 0. The number of esters is 1. The van der Waals surface area contributed by atoms with E-state index in [-0.39, 0.29) is 5.91 Å². The van der Waals surface area contributed by atoms with E-state index < -0.39 is 5.97 Å². The molecule has 8 heteroatoms. The van der Waals surface area contributed by atoms with Gasteiger partial charge < -0.3 is 10.1 Å². The molecular weight excluding hydrogens is 292 g/mol. The molecule has 0 bridgehead atoms. The van der Waals surface area contributed by atoms with Crippen molar-refractivity contribution in [3.05, 3.63) is 46.7 Å². The van der Waals surface area contributed by atoms with Gasteiger partial charge in [-0.2, -0.15) is 5.10 Å². The summed E-state index contributed by atoms with van der Waals surface area (Å²) in [6, 6.07) is 1.65. The SMILES string of the molecule is COC(=O)c1sccc1NC(=O)c1cnn2ccncc12. The number of rotatable bonds is 3. The van der Waals surface area contributed by atoms with Gasteiger partial charge in [0.05, 0.1) is 36.3 Å². The maximum atomic E-state index is 12.3. The number of aromatic nitrogens is 3. The molecule has 106 valence electrons. The third-order valence-electron chi connectivity index (χ3n) is 2.85. The van der Waals surface area contributed by atoms with Crippen LogP contribution in [0.1, 0.15) is 20.0 Å². The first-order chi connectivity index (χ1) is 10.2. The molecule has 0 spiro atoms. The van der Waals surface area contributed by atoms with E-state index in [2.05, 4.69) is 20.1 Å². The Morgan fingerprint density at radius 2 is 2.24 bits per heavy atom. The summed E-state index contributed by atoms with van der Waals surface area (Å²) in [5.41, 5.74) is 1.38. The Morgan fingerprint density at radius 3 is 3.05 bits per heavy atom. The summed E-state index contributed by atoms with van der Waals surface area (Å²) in [5.74, 6) is -0.844. The van der Waals surface area contributed by atoms with Crippen molar-refractivity contribution in [1.82, 2.24) is 14.6 Å². The van der Waals surface area contributed by atoms with Gasteiger partial charge in [0.15, 0.2) is 0 Å². The molecule has 0 aliphatic heterocycles. The smallest absolute Gasteiger partial charge is 0.350 e. The minimum atomic E-state index is -0.484. The van der Waals surface area contributed by atoms with Crippen molar-refractivity contribution in [3.63, 3.8) is 0 Å². The van der Waals surface area contributed by atoms with Crippen LogP contribution in [0.2, 0.25) is 0 Å². The molecule has 1 N–H and O–H groups in total. The average molecular weight is 302 g/mol. The number of ether oxygens (including phenoxy) is 1. The molecule has 0 unspecified atom stereocenters. The van der Waals surface area contributed by atoms with E-state index in [1.165, 1.54) is 24.6 Å². The van der Waals surface area contributed by atoms with Crippen LogP contribution in [0.15, 0.2) is 36.2 Å². The number of fused-ring (bicyclic) bond motifs is 1. The molecule has 0 saturated heterocycles. The first kappa shape index (κ1) is 13.3. The lowest BCUT2D eigenvalue weighted by Crippen LogP contribution is -2.13. The second-order valence-corrected chi connectivity index (χ2v) is 4.99. The van der Waals surface area contributed by atoms with Crippen LogP contribution in [0, 0.1) is 0 Å². The van der Waals surface area contributed by atoms with Crippen molar-refractivity contribution in [3.8, 4) is 0 Å². The standard InChI is InChI=1S/C13H10N4O3S/c1-20-13(19)11-9(2-5-21-11)16-12(18)8-6-15-17-4-3-14-7-10(8)17/h2-7H,1H3,(H,16,18). The summed E-state index contributed by atoms with van der Waals surface area (Å²) in [5, 5.41) is 8.47. The van der Waals surface area contributed by atoms with Gasteiger partial charge in [0.1, 0.15) is 4.88 Å². The Morgan fingerprint density at radius 1 is 1.38 bits per heavy atom. The van der Waals surface area contributed by atoms with Gasteiger partial charge in [0.2, 0.25) is 0 Å². The maximum absolute atomic E-state index is 12.3. The van der Waals surface area contributed by atoms with Gasteiger partial charge in [0, 0.05) is 12.4 Å². The van der Waals surface area contributed by atoms with E-state index in [1.807, 2.05) is 0 Å². The first-order valence-corrected chi connectivity index (χ1v) is 6.83. The zero-order valence-corrected chi connectivity index (χ0v) is 11.8. The zero-order valence-electron chi connectivity index (χ0n) is 10.9. The fraction of sp³-hybridized carbons (Fsp3) is 0.0769. The highest BCUT2D eigenvalue weighted by atomic mass is 32.1. The van der Waals surface area contributed by atoms with Crippen LogP contribution in [0.5, 0.6) is 0 Å². The fourth-order valence-corrected chi connectivity index (χ4v) is 2.62. The highest BCUT2D eigenvalue weighted by Crippen LogP contribution is 2.24. The lowest BCUT2D eigenvalue weighted by atomic mass is 10.2. The molecule has 1 amide bonds. The van der Waals surface area contributed by atoms with E-state index >= 15 is 0 Å². The highest BCUT2D eigenvalue weighted by molar-refractivity contribution is 7.12. The van der Waals surface area contributed by atoms with Crippen molar-refractivity contribution in [2.24, 2.45) is 0 Å². The van der Waals surface area contributed by atoms with Crippen LogP contribution in [0.4, 0.5) is 5.69 Å². The number of amides is 1. The molecule has 0 radical (unpaired) electrons. The van der Waals surface area contributed by atoms with Crippen molar-refractivity contribution >= 4 is 34.4 Å². The molecule has 7 nitrogen and oxygen atoms in total. The predicted molar refractivity (Wildman–Crippen MR) is 76.6 cm³/mol. The third-order valence-corrected chi connectivity index (χ3v) is 3.75. The summed E-state index contributed by atoms with van der Waals surface area (Å²) in [4.78, 5) is 28.2. The quantitative estimate of drug-likeness (QED) is 0.746. The Balaban J connectivity index is 1.90. The molecule has 3 rings (SSSR count). The molecular formula is C13H10N4O3S. The number of anilines is 1. The van der Waals surface area contributed by atoms with Gasteiger partial charge in [-0.3, -0.25) is 9.78 Å². The minimum absolute atomic E-state index is 0.348. The molecule has 0 aliphatic carbocycles. The van der Waals surface area contributed by atoms with Gasteiger partial charge in [-0.05, 0) is 11.4 Å². The molecule has 0 fully saturated rings. The van der Waals surface area contributed by atoms with Gasteiger partial charge in [0.25, 0.3) is 5.91 Å². The van der Waals surface area contributed by atoms with Crippen molar-refractivity contribution in [2.75, 3.05) is 12.4 Å². The number of carbonyl (C=O) groups excluding carboxylic acids is 2. The molecule has 3 heterocycles. The van der Waals surface area contributed by atoms with E-state index in [0.29, 0.717) is 21.6 Å². The number of hydrogen-bond acceptors (Lipinski definition) is 6. The topological polar surface area (TPSA) is 85.6 Å². The number of methoxy groups -OCH3 is 1. The molecule has 21 heavy (non-hydrogen) atoms. The van der Waals surface area contributed by atoms with Crippen molar-refractivity contribution < 1.29 is 14.3 Å². The molecule has 0 aliphatic rings. The van der Waals surface area contributed by atoms with Crippen LogP contribution in [-0.4, -0.2) is 33.6 Å². The number of nitrogens with zero attached hydrogens (tertiary/aromatic N) is 3. The zero-order chi connectivity index (χ0) is 14.8. The number of thiophene rings is 1. The van der Waals surface area contributed by atoms with E-state index in [4.69, 9.17) is 0 Å². The van der Waals surface area contributed by atoms with Gasteiger partial charge in [-0.1, -0.05) is 0 Å². The van der Waals surface area contributed by atoms with Crippen LogP contribution in [0.3, 0.4) is 0 Å². The monoisotopic (exact) mass is 302 g/mol. The largest absolute Gasteiger partial charge is 0.465 e. The van der Waals surface area contributed by atoms with Crippen LogP contribution < -0.4 is 5.32 Å². The number of carbonyl (C=O) groups is 2. The van der Waals surface area contributed by atoms with Crippen LogP contribution in [-0.2, 0) is 4.74 Å². The Bertz CT molecular complexity index is 824. The third kappa shape index (κ3) is 2.36. The van der Waals surface area contributed by atoms with Gasteiger partial charge in [-0.25, -0.2) is 9.31 Å². The Kier molecular flexibility index (Phi) is 3.36. The van der Waals surface area contributed by atoms with Gasteiger partial charge in [-0.15, -0.1) is 11.3 Å². The summed E-state index contributed by atoms with van der Waals surface area (Å²) in [6.07, 6.45) is 6.24. The molecule has 3 aromatic rings. The second-order valence-electron chi connectivity index (χ2n) is 4.07. The van der Waals surface area contributed by atoms with E-state index in [9.17, 15) is 9.59 Å². The second kappa shape index (κ2) is 5.33. The highest BCUT2D eigenvalue weighted by Gasteiger charge is 2.18. The van der Waals surface area contributed by atoms with Crippen LogP contribution in [0.25, 0.3) is 5.52 Å². The summed E-state index contributed by atoms with van der Waals surface area (Å²) < 4.78 is 6.22. The molecule has 0 aromatic carbocycles. The lowest BCUT2D eigenvalue weighted by molar-refractivity contribution is 0.0607. The van der Waals surface area contributed by atoms with E-state index in [0.717, 1.165) is 0 Å². The van der Waals surface area contributed by atoms with Crippen molar-refractivity contribution in [1.29, 1.82) is 0 Å². The number of nitrogens with one attached hydrogen (secondary N) is 1. The summed E-state index contributed by atoms with van der Waals surface area (Å²) in [7, 11) is 1.30.